The third-order valence-corrected chi connectivity index (χ3v) is 9.77. The van der Waals surface area contributed by atoms with Crippen molar-refractivity contribution in [1.82, 2.24) is 24.5 Å². The second kappa shape index (κ2) is 9.99. The lowest BCUT2D eigenvalue weighted by atomic mass is 9.83. The molecule has 2 fully saturated rings. The number of aryl methyl sites for hydroxylation is 1. The average molecular weight is 530 g/mol. The standard InChI is InChI=1S/C26H39N7O3S/c1-6-37(34,35)33-19-8-7-9-20(33)14-21(13-19)32(5)25-27-22(18-10-11-36-26(3,4)16-18)15-23(29-25)28-24-12-17(2)30-31-24/h12,15-16,19-21H,6-11,13-14H2,1-5H3,(H2,27,28,29,30,31)/t19-,20+,21-. The highest BCUT2D eigenvalue weighted by molar-refractivity contribution is 7.89. The van der Waals surface area contributed by atoms with Crippen LogP contribution in [0.1, 0.15) is 70.7 Å². The molecule has 3 aliphatic heterocycles. The highest BCUT2D eigenvalue weighted by Crippen LogP contribution is 2.39. The number of anilines is 3. The molecule has 2 aromatic heterocycles. The molecule has 3 atom stereocenters. The van der Waals surface area contributed by atoms with E-state index in [1.54, 1.807) is 6.92 Å². The van der Waals surface area contributed by atoms with Crippen molar-refractivity contribution in [2.75, 3.05) is 29.6 Å². The highest BCUT2D eigenvalue weighted by atomic mass is 32.2. The normalized spacial score (nSPS) is 26.0. The van der Waals surface area contributed by atoms with Crippen molar-refractivity contribution in [3.8, 4) is 0 Å². The van der Waals surface area contributed by atoms with E-state index in [2.05, 4.69) is 40.3 Å². The van der Waals surface area contributed by atoms with Crippen LogP contribution in [0.2, 0.25) is 0 Å². The molecule has 2 bridgehead atoms. The average Bonchev–Trinajstić information content (AvgIpc) is 3.26. The first-order chi connectivity index (χ1) is 17.5. The molecule has 0 radical (unpaired) electrons. The van der Waals surface area contributed by atoms with Gasteiger partial charge >= 0.3 is 0 Å². The lowest BCUT2D eigenvalue weighted by Crippen LogP contribution is -2.58. The predicted octanol–water partition coefficient (Wildman–Crippen LogP) is 4.01. The Balaban J connectivity index is 1.47. The molecule has 2 N–H and O–H groups in total. The number of hydrogen-bond acceptors (Lipinski definition) is 8. The van der Waals surface area contributed by atoms with Gasteiger partial charge in [-0.1, -0.05) is 6.42 Å². The third kappa shape index (κ3) is 5.53. The largest absolute Gasteiger partial charge is 0.371 e. The minimum atomic E-state index is -3.22. The molecular weight excluding hydrogens is 490 g/mol. The first-order valence-electron chi connectivity index (χ1n) is 13.3. The number of ether oxygens (including phenoxy) is 1. The fourth-order valence-electron chi connectivity index (χ4n) is 5.99. The van der Waals surface area contributed by atoms with E-state index in [4.69, 9.17) is 14.7 Å². The fourth-order valence-corrected chi connectivity index (χ4v) is 7.58. The predicted molar refractivity (Wildman–Crippen MR) is 145 cm³/mol. The van der Waals surface area contributed by atoms with E-state index in [0.29, 0.717) is 24.2 Å². The van der Waals surface area contributed by atoms with Gasteiger partial charge in [0.1, 0.15) is 5.82 Å². The highest BCUT2D eigenvalue weighted by Gasteiger charge is 2.45. The number of aromatic amines is 1. The second-order valence-electron chi connectivity index (χ2n) is 11.1. The molecule has 0 spiro atoms. The van der Waals surface area contributed by atoms with Crippen LogP contribution in [0.5, 0.6) is 0 Å². The van der Waals surface area contributed by atoms with Crippen LogP contribution in [0.25, 0.3) is 5.57 Å². The molecule has 3 aliphatic rings. The summed E-state index contributed by atoms with van der Waals surface area (Å²) in [4.78, 5) is 12.0. The Morgan fingerprint density at radius 3 is 2.54 bits per heavy atom. The number of nitrogens with zero attached hydrogens (tertiary/aromatic N) is 5. The molecule has 0 aromatic carbocycles. The van der Waals surface area contributed by atoms with E-state index >= 15 is 0 Å². The van der Waals surface area contributed by atoms with E-state index in [-0.39, 0.29) is 29.5 Å². The summed E-state index contributed by atoms with van der Waals surface area (Å²) in [7, 11) is -1.19. The van der Waals surface area contributed by atoms with Crippen LogP contribution in [-0.2, 0) is 14.8 Å². The van der Waals surface area contributed by atoms with Gasteiger partial charge in [-0.15, -0.1) is 0 Å². The van der Waals surface area contributed by atoms with Crippen molar-refractivity contribution in [1.29, 1.82) is 0 Å². The minimum absolute atomic E-state index is 0.0386. The molecule has 0 aliphatic carbocycles. The summed E-state index contributed by atoms with van der Waals surface area (Å²) in [6.45, 7) is 8.46. The number of sulfonamides is 1. The molecule has 0 saturated carbocycles. The van der Waals surface area contributed by atoms with Gasteiger partial charge in [-0.05, 0) is 71.4 Å². The summed E-state index contributed by atoms with van der Waals surface area (Å²) in [5.74, 6) is 2.16. The van der Waals surface area contributed by atoms with Gasteiger partial charge in [-0.2, -0.15) is 14.4 Å². The Morgan fingerprint density at radius 1 is 1.19 bits per heavy atom. The number of aromatic nitrogens is 4. The zero-order chi connectivity index (χ0) is 26.4. The zero-order valence-electron chi connectivity index (χ0n) is 22.5. The maximum atomic E-state index is 12.9. The first-order valence-corrected chi connectivity index (χ1v) is 14.9. The number of nitrogens with one attached hydrogen (secondary N) is 2. The van der Waals surface area contributed by atoms with Crippen molar-refractivity contribution >= 4 is 33.2 Å². The van der Waals surface area contributed by atoms with Gasteiger partial charge in [0.25, 0.3) is 0 Å². The molecule has 5 rings (SSSR count). The smallest absolute Gasteiger partial charge is 0.227 e. The van der Waals surface area contributed by atoms with Crippen LogP contribution in [0.3, 0.4) is 0 Å². The Hall–Kier alpha value is -2.50. The topological polar surface area (TPSA) is 116 Å². The van der Waals surface area contributed by atoms with Crippen molar-refractivity contribution < 1.29 is 13.2 Å². The molecule has 37 heavy (non-hydrogen) atoms. The van der Waals surface area contributed by atoms with Gasteiger partial charge in [0.2, 0.25) is 16.0 Å². The zero-order valence-corrected chi connectivity index (χ0v) is 23.3. The van der Waals surface area contributed by atoms with Crippen LogP contribution < -0.4 is 10.2 Å². The summed E-state index contributed by atoms with van der Waals surface area (Å²) < 4.78 is 33.4. The molecule has 202 valence electrons. The van der Waals surface area contributed by atoms with Gasteiger partial charge in [0.15, 0.2) is 5.82 Å². The van der Waals surface area contributed by atoms with E-state index in [0.717, 1.165) is 55.5 Å². The monoisotopic (exact) mass is 529 g/mol. The number of fused-ring (bicyclic) bond motifs is 2. The molecular formula is C26H39N7O3S. The summed E-state index contributed by atoms with van der Waals surface area (Å²) in [6, 6.07) is 4.15. The quantitative estimate of drug-likeness (QED) is 0.553. The van der Waals surface area contributed by atoms with E-state index < -0.39 is 10.0 Å². The number of H-pyrrole nitrogens is 1. The summed E-state index contributed by atoms with van der Waals surface area (Å²) in [5.41, 5.74) is 2.61. The van der Waals surface area contributed by atoms with Gasteiger partial charge in [-0.3, -0.25) is 5.10 Å². The molecule has 0 unspecified atom stereocenters. The van der Waals surface area contributed by atoms with Gasteiger partial charge in [-0.25, -0.2) is 13.4 Å². The van der Waals surface area contributed by atoms with Gasteiger partial charge < -0.3 is 15.0 Å². The van der Waals surface area contributed by atoms with Crippen LogP contribution in [0, 0.1) is 6.92 Å². The number of piperidine rings is 2. The van der Waals surface area contributed by atoms with Crippen LogP contribution in [0.4, 0.5) is 17.6 Å². The van der Waals surface area contributed by atoms with E-state index in [1.165, 1.54) is 0 Å². The number of rotatable bonds is 7. The summed E-state index contributed by atoms with van der Waals surface area (Å²) in [5, 5.41) is 10.6. The Bertz CT molecular complexity index is 1260. The molecule has 11 heteroatoms. The molecule has 10 nitrogen and oxygen atoms in total. The van der Waals surface area contributed by atoms with E-state index in [9.17, 15) is 8.42 Å². The summed E-state index contributed by atoms with van der Waals surface area (Å²) in [6.07, 6.45) is 7.39. The Kier molecular flexibility index (Phi) is 7.06. The lowest BCUT2D eigenvalue weighted by Gasteiger charge is -2.49. The van der Waals surface area contributed by atoms with Crippen molar-refractivity contribution in [2.45, 2.75) is 89.9 Å². The van der Waals surface area contributed by atoms with Crippen LogP contribution in [0.15, 0.2) is 18.2 Å². The van der Waals surface area contributed by atoms with Crippen molar-refractivity contribution in [2.24, 2.45) is 0 Å². The fraction of sp³-hybridized carbons (Fsp3) is 0.654. The van der Waals surface area contributed by atoms with Crippen LogP contribution >= 0.6 is 0 Å². The van der Waals surface area contributed by atoms with E-state index in [1.807, 2.05) is 30.4 Å². The lowest BCUT2D eigenvalue weighted by molar-refractivity contribution is 0.0164. The summed E-state index contributed by atoms with van der Waals surface area (Å²) >= 11 is 0. The van der Waals surface area contributed by atoms with Gasteiger partial charge in [0.05, 0.1) is 23.7 Å². The molecule has 5 heterocycles. The molecule has 2 saturated heterocycles. The van der Waals surface area contributed by atoms with Crippen molar-refractivity contribution in [3.63, 3.8) is 0 Å². The van der Waals surface area contributed by atoms with Crippen molar-refractivity contribution in [3.05, 3.63) is 29.6 Å². The number of hydrogen-bond donors (Lipinski definition) is 2. The third-order valence-electron chi connectivity index (χ3n) is 7.80. The maximum Gasteiger partial charge on any atom is 0.227 e. The first kappa shape index (κ1) is 26.1. The minimum Gasteiger partial charge on any atom is -0.371 e. The molecule has 0 amide bonds. The van der Waals surface area contributed by atoms with Crippen LogP contribution in [-0.4, -0.2) is 76.0 Å². The van der Waals surface area contributed by atoms with Gasteiger partial charge in [0, 0.05) is 43.0 Å². The Labute approximate surface area is 219 Å². The molecule has 2 aromatic rings. The Morgan fingerprint density at radius 2 is 1.92 bits per heavy atom. The second-order valence-corrected chi connectivity index (χ2v) is 13.2. The SMILES string of the molecule is CCS(=O)(=O)N1[C@@H]2CCC[C@H]1C[C@H](N(C)c1nc(Nc3cc(C)[nH]n3)cc(C3=CC(C)(C)OCC3)n1)C2. The maximum absolute atomic E-state index is 12.9.